The van der Waals surface area contributed by atoms with Crippen molar-refractivity contribution >= 4 is 24.4 Å². The molecule has 4 N–H and O–H groups in total. The molecule has 0 heterocycles. The van der Waals surface area contributed by atoms with E-state index < -0.39 is 46.7 Å². The highest BCUT2D eigenvalue weighted by atomic mass is 16.6. The molecule has 0 atom stereocenters. The summed E-state index contributed by atoms with van der Waals surface area (Å²) in [5.74, 6) is 0. The molecule has 1 aromatic carbocycles. The van der Waals surface area contributed by atoms with Crippen molar-refractivity contribution in [2.45, 2.75) is 111 Å². The van der Waals surface area contributed by atoms with E-state index in [0.717, 1.165) is 5.56 Å². The third-order valence-corrected chi connectivity index (χ3v) is 6.12. The van der Waals surface area contributed by atoms with Gasteiger partial charge in [-0.2, -0.15) is 0 Å². The quantitative estimate of drug-likeness (QED) is 0.0935. The van der Waals surface area contributed by atoms with Crippen LogP contribution in [0.2, 0.25) is 0 Å². The number of nitrogens with one attached hydrogen (secondary N) is 4. The van der Waals surface area contributed by atoms with Crippen molar-refractivity contribution in [1.82, 2.24) is 21.3 Å². The highest BCUT2D eigenvalue weighted by Crippen LogP contribution is 2.13. The molecule has 0 aromatic heterocycles. The SMILES string of the molecule is CC(C)(C)OC(=O)NCCCOCC(COCCCNC(=O)OC(C)(C)C)(COCCCNC(=O)OC(C)(C)C)NC(=O)OCc1ccccc1. The van der Waals surface area contributed by atoms with Crippen LogP contribution >= 0.6 is 0 Å². The zero-order chi connectivity index (χ0) is 38.4. The average Bonchev–Trinajstić information content (AvgIpc) is 2.99. The highest BCUT2D eigenvalue weighted by molar-refractivity contribution is 5.69. The molecular formula is C36H62N4O11. The molecule has 0 aliphatic rings. The lowest BCUT2D eigenvalue weighted by molar-refractivity contribution is -0.0402. The summed E-state index contributed by atoms with van der Waals surface area (Å²) >= 11 is 0. The van der Waals surface area contributed by atoms with Gasteiger partial charge in [0.25, 0.3) is 0 Å². The molecule has 0 spiro atoms. The van der Waals surface area contributed by atoms with Crippen LogP contribution in [0.5, 0.6) is 0 Å². The molecule has 51 heavy (non-hydrogen) atoms. The number of rotatable bonds is 21. The van der Waals surface area contributed by atoms with Gasteiger partial charge in [0.2, 0.25) is 0 Å². The van der Waals surface area contributed by atoms with Crippen molar-refractivity contribution in [2.75, 3.05) is 59.3 Å². The van der Waals surface area contributed by atoms with Crippen molar-refractivity contribution in [3.05, 3.63) is 35.9 Å². The maximum atomic E-state index is 13.1. The third kappa shape index (κ3) is 25.7. The second-order valence-electron chi connectivity index (χ2n) is 15.0. The van der Waals surface area contributed by atoms with E-state index in [4.69, 9.17) is 33.2 Å². The molecular weight excluding hydrogens is 664 g/mol. The monoisotopic (exact) mass is 726 g/mol. The molecule has 15 heteroatoms. The zero-order valence-electron chi connectivity index (χ0n) is 32.1. The third-order valence-electron chi connectivity index (χ3n) is 6.12. The van der Waals surface area contributed by atoms with E-state index >= 15 is 0 Å². The topological polar surface area (TPSA) is 181 Å². The molecule has 0 aliphatic heterocycles. The predicted molar refractivity (Wildman–Crippen MR) is 192 cm³/mol. The van der Waals surface area contributed by atoms with Crippen LogP contribution in [0, 0.1) is 0 Å². The lowest BCUT2D eigenvalue weighted by atomic mass is 10.0. The molecule has 0 radical (unpaired) electrons. The van der Waals surface area contributed by atoms with Gasteiger partial charge in [0, 0.05) is 39.5 Å². The first kappa shape index (κ1) is 45.2. The number of benzene rings is 1. The van der Waals surface area contributed by atoms with Crippen LogP contribution < -0.4 is 21.3 Å². The normalized spacial score (nSPS) is 12.0. The summed E-state index contributed by atoms with van der Waals surface area (Å²) in [6.07, 6.45) is -0.845. The van der Waals surface area contributed by atoms with Crippen LogP contribution in [-0.2, 0) is 39.8 Å². The Labute approximate surface area is 303 Å². The Morgan fingerprint density at radius 3 is 1.22 bits per heavy atom. The van der Waals surface area contributed by atoms with E-state index in [9.17, 15) is 19.2 Å². The van der Waals surface area contributed by atoms with Gasteiger partial charge in [-0.1, -0.05) is 30.3 Å². The fourth-order valence-corrected chi connectivity index (χ4v) is 4.05. The van der Waals surface area contributed by atoms with E-state index in [1.807, 2.05) is 30.3 Å². The maximum absolute atomic E-state index is 13.1. The van der Waals surface area contributed by atoms with Gasteiger partial charge in [-0.25, -0.2) is 19.2 Å². The lowest BCUT2D eigenvalue weighted by Gasteiger charge is -2.34. The second-order valence-corrected chi connectivity index (χ2v) is 15.0. The first-order chi connectivity index (χ1) is 23.8. The summed E-state index contributed by atoms with van der Waals surface area (Å²) in [7, 11) is 0. The zero-order valence-corrected chi connectivity index (χ0v) is 32.1. The summed E-state index contributed by atoms with van der Waals surface area (Å²) in [6.45, 7) is 17.8. The smallest absolute Gasteiger partial charge is 0.408 e. The Hall–Kier alpha value is -3.82. The van der Waals surface area contributed by atoms with Crippen LogP contribution in [0.15, 0.2) is 30.3 Å². The Kier molecular flexibility index (Phi) is 20.3. The van der Waals surface area contributed by atoms with Crippen LogP contribution in [0.25, 0.3) is 0 Å². The van der Waals surface area contributed by atoms with E-state index in [0.29, 0.717) is 38.9 Å². The second kappa shape index (κ2) is 22.9. The highest BCUT2D eigenvalue weighted by Gasteiger charge is 2.34. The van der Waals surface area contributed by atoms with Crippen molar-refractivity contribution in [3.63, 3.8) is 0 Å². The van der Waals surface area contributed by atoms with Gasteiger partial charge in [0.1, 0.15) is 28.9 Å². The maximum Gasteiger partial charge on any atom is 0.408 e. The van der Waals surface area contributed by atoms with Crippen molar-refractivity contribution < 1.29 is 52.3 Å². The minimum Gasteiger partial charge on any atom is -0.445 e. The van der Waals surface area contributed by atoms with Gasteiger partial charge < -0.3 is 54.4 Å². The number of carbonyl (C=O) groups excluding carboxylic acids is 4. The molecule has 292 valence electrons. The minimum atomic E-state index is -1.18. The van der Waals surface area contributed by atoms with Gasteiger partial charge in [-0.05, 0) is 87.1 Å². The lowest BCUT2D eigenvalue weighted by Crippen LogP contribution is -2.58. The number of alkyl carbamates (subject to hydrolysis) is 4. The first-order valence-electron chi connectivity index (χ1n) is 17.4. The van der Waals surface area contributed by atoms with Gasteiger partial charge >= 0.3 is 24.4 Å². The number of amides is 4. The molecule has 0 fully saturated rings. The molecule has 0 bridgehead atoms. The summed E-state index contributed by atoms with van der Waals surface area (Å²) in [4.78, 5) is 49.1. The van der Waals surface area contributed by atoms with E-state index in [1.54, 1.807) is 62.3 Å². The van der Waals surface area contributed by atoms with E-state index in [1.165, 1.54) is 0 Å². The molecule has 4 amide bonds. The fourth-order valence-electron chi connectivity index (χ4n) is 4.05. The van der Waals surface area contributed by atoms with Crippen LogP contribution in [0.1, 0.15) is 87.1 Å². The number of hydrogen-bond donors (Lipinski definition) is 4. The van der Waals surface area contributed by atoms with Crippen molar-refractivity contribution in [1.29, 1.82) is 0 Å². The Balaban J connectivity index is 2.89. The first-order valence-corrected chi connectivity index (χ1v) is 17.4. The van der Waals surface area contributed by atoms with Crippen LogP contribution in [0.3, 0.4) is 0 Å². The largest absolute Gasteiger partial charge is 0.445 e. The molecule has 0 saturated heterocycles. The van der Waals surface area contributed by atoms with Crippen molar-refractivity contribution in [2.24, 2.45) is 0 Å². The number of carbonyl (C=O) groups is 4. The summed E-state index contributed by atoms with van der Waals surface area (Å²) in [5, 5.41) is 11.0. The molecule has 0 aliphatic carbocycles. The van der Waals surface area contributed by atoms with Crippen LogP contribution in [0.4, 0.5) is 19.2 Å². The van der Waals surface area contributed by atoms with Gasteiger partial charge in [0.15, 0.2) is 0 Å². The Morgan fingerprint density at radius 1 is 0.529 bits per heavy atom. The molecule has 0 unspecified atom stereocenters. The minimum absolute atomic E-state index is 0.00775. The average molecular weight is 727 g/mol. The van der Waals surface area contributed by atoms with Gasteiger partial charge in [-0.15, -0.1) is 0 Å². The van der Waals surface area contributed by atoms with E-state index in [-0.39, 0.29) is 46.2 Å². The van der Waals surface area contributed by atoms with Crippen molar-refractivity contribution in [3.8, 4) is 0 Å². The summed E-state index contributed by atoms with van der Waals surface area (Å²) in [5.41, 5.74) is -2.20. The molecule has 15 nitrogen and oxygen atoms in total. The molecule has 1 rings (SSSR count). The molecule has 0 saturated carbocycles. The number of hydrogen-bond acceptors (Lipinski definition) is 11. The Bertz CT molecular complexity index is 1060. The predicted octanol–water partition coefficient (Wildman–Crippen LogP) is 5.45. The van der Waals surface area contributed by atoms with E-state index in [2.05, 4.69) is 21.3 Å². The summed E-state index contributed by atoms with van der Waals surface area (Å²) in [6, 6.07) is 9.26. The van der Waals surface area contributed by atoms with Gasteiger partial charge in [0.05, 0.1) is 19.8 Å². The standard InChI is InChI=1S/C36H62N4O11/c1-33(2,3)49-29(41)37-18-13-21-45-25-36(40-32(44)48-24-28-16-11-10-12-17-28,26-46-22-14-19-38-30(42)50-34(4,5)6)27-47-23-15-20-39-31(43)51-35(7,8)9/h10-12,16-17H,13-15,18-27H2,1-9H3,(H,37,41)(H,38,42)(H,39,43)(H,40,44). The van der Waals surface area contributed by atoms with Crippen LogP contribution in [-0.4, -0.2) is 106 Å². The van der Waals surface area contributed by atoms with Gasteiger partial charge in [-0.3, -0.25) is 0 Å². The molecule has 1 aromatic rings. The fraction of sp³-hybridized carbons (Fsp3) is 0.722. The Morgan fingerprint density at radius 2 is 0.882 bits per heavy atom. The summed E-state index contributed by atoms with van der Waals surface area (Å²) < 4.78 is 39.3. The number of ether oxygens (including phenoxy) is 7.